The number of hydrogen-bond acceptors (Lipinski definition) is 6. The van der Waals surface area contributed by atoms with Gasteiger partial charge in [0.1, 0.15) is 0 Å². The molecule has 6 nitrogen and oxygen atoms in total. The second-order valence-corrected chi connectivity index (χ2v) is 2.53. The fourth-order valence-corrected chi connectivity index (χ4v) is 0. The van der Waals surface area contributed by atoms with Crippen LogP contribution in [0.3, 0.4) is 0 Å². The summed E-state index contributed by atoms with van der Waals surface area (Å²) in [6.45, 7) is 0. The van der Waals surface area contributed by atoms with Crippen molar-refractivity contribution in [3.63, 3.8) is 0 Å². The van der Waals surface area contributed by atoms with E-state index in [1.165, 1.54) is 0 Å². The Bertz CT molecular complexity index is 179. The monoisotopic (exact) mass is 294 g/mol. The minimum absolute atomic E-state index is 0. The topological polar surface area (TPSA) is 108 Å². The average molecular weight is 292 g/mol. The van der Waals surface area contributed by atoms with Crippen molar-refractivity contribution in [3.05, 3.63) is 0 Å². The third kappa shape index (κ3) is 451. The van der Waals surface area contributed by atoms with E-state index in [-0.39, 0.29) is 18.9 Å². The van der Waals surface area contributed by atoms with E-state index in [2.05, 4.69) is 0 Å². The van der Waals surface area contributed by atoms with Crippen molar-refractivity contribution < 1.29 is 75.2 Å². The summed E-state index contributed by atoms with van der Waals surface area (Å²) in [6, 6.07) is 0. The molecule has 0 aromatic carbocycles. The molecule has 0 aliphatic heterocycles. The molecule has 0 N–H and O–H groups in total. The second-order valence-electron chi connectivity index (χ2n) is 0.428. The van der Waals surface area contributed by atoms with Gasteiger partial charge in [-0.05, 0) is 0 Å². The summed E-state index contributed by atoms with van der Waals surface area (Å²) in [5, 5.41) is 0. The molecule has 0 heterocycles. The van der Waals surface area contributed by atoms with Gasteiger partial charge in [0, 0.05) is 0 Å². The molecule has 0 aromatic heterocycles. The Balaban J connectivity index is -0.0000000720. The minimum atomic E-state index is -4.20. The van der Waals surface area contributed by atoms with Crippen LogP contribution in [-0.4, -0.2) is 0 Å². The summed E-state index contributed by atoms with van der Waals surface area (Å²) >= 11 is -8.31. The Hall–Kier alpha value is 0.986. The van der Waals surface area contributed by atoms with Crippen LogP contribution < -0.4 is 22.5 Å². The second kappa shape index (κ2) is 11.7. The van der Waals surface area contributed by atoms with Gasteiger partial charge >= 0.3 is 75.2 Å². The summed E-state index contributed by atoms with van der Waals surface area (Å²) in [5.41, 5.74) is 0. The molecule has 0 aromatic rings. The van der Waals surface area contributed by atoms with Crippen molar-refractivity contribution >= 4 is 0 Å². The third-order valence-electron chi connectivity index (χ3n) is 0. The predicted octanol–water partition coefficient (Wildman–Crippen LogP) is -4.78. The molecule has 0 saturated carbocycles. The molecule has 9 heteroatoms. The van der Waals surface area contributed by atoms with Gasteiger partial charge in [0.25, 0.3) is 0 Å². The average Bonchev–Trinajstić information content (AvgIpc) is 1.25. The first-order chi connectivity index (χ1) is 3.46. The van der Waals surface area contributed by atoms with Crippen LogP contribution in [-0.2, 0) is 52.7 Å². The molecule has 0 aliphatic rings. The molecule has 0 aliphatic carbocycles. The van der Waals surface area contributed by atoms with Gasteiger partial charge in [-0.25, -0.2) is 0 Å². The van der Waals surface area contributed by atoms with Crippen molar-refractivity contribution in [3.8, 4) is 0 Å². The van der Waals surface area contributed by atoms with Gasteiger partial charge in [-0.1, -0.05) is 0 Å². The predicted molar refractivity (Wildman–Crippen MR) is 3.43 cm³/mol. The van der Waals surface area contributed by atoms with Gasteiger partial charge in [0.2, 0.25) is 0 Å². The van der Waals surface area contributed by atoms with E-state index in [0.717, 1.165) is 0 Å². The van der Waals surface area contributed by atoms with E-state index in [0.29, 0.717) is 0 Å². The van der Waals surface area contributed by atoms with Crippen LogP contribution in [0.1, 0.15) is 0 Å². The maximum absolute atomic E-state index is 8.60. The van der Waals surface area contributed by atoms with Crippen molar-refractivity contribution in [2.24, 2.45) is 0 Å². The van der Waals surface area contributed by atoms with Crippen molar-refractivity contribution in [2.45, 2.75) is 0 Å². The maximum atomic E-state index is 8.60. The Kier molecular flexibility index (Phi) is 21.6. The van der Waals surface area contributed by atoms with E-state index in [4.69, 9.17) is 20.3 Å². The van der Waals surface area contributed by atoms with Crippen LogP contribution in [0.25, 0.3) is 0 Å². The van der Waals surface area contributed by atoms with Crippen molar-refractivity contribution in [1.82, 2.24) is 0 Å². The normalized spacial score (nSPS) is 5.44. The molecular formula is LiMoNbO6. The zero-order valence-corrected chi connectivity index (χ0v) is 8.51. The van der Waals surface area contributed by atoms with E-state index in [1.54, 1.807) is 0 Å². The molecule has 0 radical (unpaired) electrons. The molecule has 0 atom stereocenters. The number of rotatable bonds is 0. The first kappa shape index (κ1) is 16.5. The fraction of sp³-hybridized carbons (Fsp3) is 0. The SMILES string of the molecule is [Li+].[O]=[Mo](=[O])=[O].[O]=[Nb](=[O])[O-]. The summed E-state index contributed by atoms with van der Waals surface area (Å²) in [7, 11) is 0. The first-order valence-electron chi connectivity index (χ1n) is 1.05. The number of hydrogen-bond donors (Lipinski definition) is 0. The molecule has 0 fully saturated rings. The Labute approximate surface area is 74.6 Å². The zero-order chi connectivity index (χ0) is 7.15. The van der Waals surface area contributed by atoms with Gasteiger partial charge in [0.15, 0.2) is 0 Å². The van der Waals surface area contributed by atoms with Gasteiger partial charge < -0.3 is 0 Å². The van der Waals surface area contributed by atoms with Crippen LogP contribution in [0.2, 0.25) is 0 Å². The van der Waals surface area contributed by atoms with E-state index in [1.807, 2.05) is 0 Å². The molecule has 0 saturated heterocycles. The molecule has 0 amide bonds. The van der Waals surface area contributed by atoms with Crippen LogP contribution in [0.5, 0.6) is 0 Å². The molecule has 48 valence electrons. The molecule has 9 heavy (non-hydrogen) atoms. The molecule has 0 bridgehead atoms. The van der Waals surface area contributed by atoms with Crippen LogP contribution in [0, 0.1) is 0 Å². The third-order valence-corrected chi connectivity index (χ3v) is 0. The molecule has 0 unspecified atom stereocenters. The summed E-state index contributed by atoms with van der Waals surface area (Å²) in [5.74, 6) is 0. The Morgan fingerprint density at radius 1 is 1.11 bits per heavy atom. The summed E-state index contributed by atoms with van der Waals surface area (Å²) in [4.78, 5) is 0. The Morgan fingerprint density at radius 3 is 1.11 bits per heavy atom. The van der Waals surface area contributed by atoms with Crippen LogP contribution >= 0.6 is 0 Å². The molecular weight excluding hydrogens is 292 g/mol. The quantitative estimate of drug-likeness (QED) is 0.415. The van der Waals surface area contributed by atoms with Gasteiger partial charge in [-0.15, -0.1) is 0 Å². The van der Waals surface area contributed by atoms with Gasteiger partial charge in [-0.2, -0.15) is 0 Å². The van der Waals surface area contributed by atoms with E-state index >= 15 is 0 Å². The molecule has 0 rings (SSSR count). The first-order valence-corrected chi connectivity index (χ1v) is 6.20. The Morgan fingerprint density at radius 2 is 1.11 bits per heavy atom. The van der Waals surface area contributed by atoms with Gasteiger partial charge in [-0.3, -0.25) is 0 Å². The van der Waals surface area contributed by atoms with Crippen LogP contribution in [0.15, 0.2) is 0 Å². The van der Waals surface area contributed by atoms with Crippen LogP contribution in [0.4, 0.5) is 0 Å². The van der Waals surface area contributed by atoms with E-state index < -0.39 is 36.0 Å². The van der Waals surface area contributed by atoms with E-state index in [9.17, 15) is 0 Å². The standard InChI is InChI=1S/Li.Mo.Nb.6O/q+1;;;;;;;;-1. The van der Waals surface area contributed by atoms with Gasteiger partial charge in [0.05, 0.1) is 0 Å². The summed E-state index contributed by atoms with van der Waals surface area (Å²) < 4.78 is 51.6. The van der Waals surface area contributed by atoms with Crippen molar-refractivity contribution in [1.29, 1.82) is 0 Å². The van der Waals surface area contributed by atoms with Crippen molar-refractivity contribution in [2.75, 3.05) is 0 Å². The molecule has 0 spiro atoms. The zero-order valence-electron chi connectivity index (χ0n) is 4.30. The fourth-order valence-electron chi connectivity index (χ4n) is 0. The summed E-state index contributed by atoms with van der Waals surface area (Å²) in [6.07, 6.45) is 0.